The smallest absolute Gasteiger partial charge is 0.306 e. The standard InChI is InChI=1S/C69H116O6/c1-4-7-10-13-16-19-22-25-27-28-29-30-31-32-33-34-35-36-37-38-39-40-42-44-47-50-53-56-59-62-68(71)74-65-66(64-73-67(70)61-58-55-52-49-46-43-24-21-18-15-12-9-6-3)75-69(72)63-60-57-54-51-48-45-41-26-23-20-17-14-11-8-5-2/h8-9,11-12,17-18,20-21,26,28-29,41,43,46,48,51-52,55,66H,4-7,10,13-16,19,22-25,27,30-40,42,44-45,47,49-50,53-54,56-65H2,1-3H3/b11-8-,12-9-,20-17-,21-18-,29-28-,41-26-,46-43-,51-48-,55-52-. The van der Waals surface area contributed by atoms with Gasteiger partial charge in [0.1, 0.15) is 13.2 Å². The molecule has 1 unspecified atom stereocenters. The number of hydrogen-bond donors (Lipinski definition) is 0. The maximum atomic E-state index is 12.8. The molecule has 0 fully saturated rings. The second-order valence-electron chi connectivity index (χ2n) is 20.5. The van der Waals surface area contributed by atoms with Gasteiger partial charge in [-0.05, 0) is 109 Å². The summed E-state index contributed by atoms with van der Waals surface area (Å²) >= 11 is 0. The van der Waals surface area contributed by atoms with Crippen LogP contribution in [0.1, 0.15) is 290 Å². The van der Waals surface area contributed by atoms with Gasteiger partial charge in [-0.15, -0.1) is 0 Å². The quantitative estimate of drug-likeness (QED) is 0.0261. The Morgan fingerprint density at radius 1 is 0.280 bits per heavy atom. The zero-order valence-corrected chi connectivity index (χ0v) is 49.0. The molecule has 0 amide bonds. The number of carbonyl (C=O) groups excluding carboxylic acids is 3. The van der Waals surface area contributed by atoms with Gasteiger partial charge in [0.05, 0.1) is 0 Å². The Morgan fingerprint density at radius 3 is 0.933 bits per heavy atom. The third-order valence-corrected chi connectivity index (χ3v) is 13.3. The molecule has 0 aromatic carbocycles. The van der Waals surface area contributed by atoms with Crippen LogP contribution in [0.15, 0.2) is 109 Å². The average molecular weight is 1040 g/mol. The van der Waals surface area contributed by atoms with Crippen LogP contribution >= 0.6 is 0 Å². The van der Waals surface area contributed by atoms with Crippen molar-refractivity contribution in [1.29, 1.82) is 0 Å². The van der Waals surface area contributed by atoms with Crippen molar-refractivity contribution in [3.63, 3.8) is 0 Å². The van der Waals surface area contributed by atoms with Crippen LogP contribution in [0.5, 0.6) is 0 Å². The minimum Gasteiger partial charge on any atom is -0.462 e. The minimum absolute atomic E-state index is 0.117. The van der Waals surface area contributed by atoms with E-state index in [0.717, 1.165) is 83.5 Å². The van der Waals surface area contributed by atoms with Crippen molar-refractivity contribution in [2.75, 3.05) is 13.2 Å². The third kappa shape index (κ3) is 60.8. The first-order valence-corrected chi connectivity index (χ1v) is 31.4. The summed E-state index contributed by atoms with van der Waals surface area (Å²) < 4.78 is 16.8. The van der Waals surface area contributed by atoms with Gasteiger partial charge >= 0.3 is 17.9 Å². The van der Waals surface area contributed by atoms with Crippen molar-refractivity contribution < 1.29 is 28.6 Å². The lowest BCUT2D eigenvalue weighted by Gasteiger charge is -2.18. The van der Waals surface area contributed by atoms with Crippen molar-refractivity contribution in [3.05, 3.63) is 109 Å². The molecule has 428 valence electrons. The van der Waals surface area contributed by atoms with E-state index in [4.69, 9.17) is 14.2 Å². The highest BCUT2D eigenvalue weighted by atomic mass is 16.6. The predicted octanol–water partition coefficient (Wildman–Crippen LogP) is 21.4. The Bertz CT molecular complexity index is 1520. The molecule has 0 aliphatic carbocycles. The highest BCUT2D eigenvalue weighted by molar-refractivity contribution is 5.71. The lowest BCUT2D eigenvalue weighted by Crippen LogP contribution is -2.30. The molecule has 0 heterocycles. The van der Waals surface area contributed by atoms with Crippen molar-refractivity contribution in [1.82, 2.24) is 0 Å². The van der Waals surface area contributed by atoms with Gasteiger partial charge in [-0.2, -0.15) is 0 Å². The monoisotopic (exact) mass is 1040 g/mol. The molecule has 0 spiro atoms. The highest BCUT2D eigenvalue weighted by Crippen LogP contribution is 2.16. The Hall–Kier alpha value is -3.93. The van der Waals surface area contributed by atoms with Gasteiger partial charge in [-0.3, -0.25) is 14.4 Å². The molecule has 0 aromatic rings. The van der Waals surface area contributed by atoms with Crippen LogP contribution in [-0.2, 0) is 28.6 Å². The van der Waals surface area contributed by atoms with E-state index in [9.17, 15) is 14.4 Å². The van der Waals surface area contributed by atoms with Crippen LogP contribution in [0.3, 0.4) is 0 Å². The number of allylic oxidation sites excluding steroid dienone is 18. The van der Waals surface area contributed by atoms with E-state index in [1.165, 1.54) is 154 Å². The first-order chi connectivity index (χ1) is 37.0. The van der Waals surface area contributed by atoms with E-state index < -0.39 is 6.10 Å². The van der Waals surface area contributed by atoms with Gasteiger partial charge in [-0.1, -0.05) is 271 Å². The molecule has 6 heteroatoms. The fourth-order valence-electron chi connectivity index (χ4n) is 8.62. The van der Waals surface area contributed by atoms with E-state index in [1.54, 1.807) is 0 Å². The molecule has 0 aliphatic heterocycles. The Balaban J connectivity index is 4.27. The molecule has 0 radical (unpaired) electrons. The summed E-state index contributed by atoms with van der Waals surface area (Å²) in [5.74, 6) is -1.04. The zero-order valence-electron chi connectivity index (χ0n) is 49.0. The largest absolute Gasteiger partial charge is 0.462 e. The molecule has 0 aliphatic rings. The van der Waals surface area contributed by atoms with Crippen LogP contribution in [0.4, 0.5) is 0 Å². The van der Waals surface area contributed by atoms with Crippen molar-refractivity contribution in [2.45, 2.75) is 297 Å². The number of unbranched alkanes of at least 4 members (excludes halogenated alkanes) is 27. The molecule has 0 rings (SSSR count). The number of hydrogen-bond acceptors (Lipinski definition) is 6. The van der Waals surface area contributed by atoms with E-state index in [2.05, 4.69) is 118 Å². The lowest BCUT2D eigenvalue weighted by molar-refractivity contribution is -0.166. The normalized spacial score (nSPS) is 12.8. The Labute approximate surface area is 463 Å². The van der Waals surface area contributed by atoms with Gasteiger partial charge in [0, 0.05) is 19.3 Å². The van der Waals surface area contributed by atoms with Crippen LogP contribution in [0.25, 0.3) is 0 Å². The second kappa shape index (κ2) is 62.6. The summed E-state index contributed by atoms with van der Waals surface area (Å²) in [4.78, 5) is 38.1. The van der Waals surface area contributed by atoms with Gasteiger partial charge in [0.2, 0.25) is 0 Å². The Morgan fingerprint density at radius 2 is 0.547 bits per heavy atom. The number of ether oxygens (including phenoxy) is 3. The van der Waals surface area contributed by atoms with Crippen LogP contribution in [0, 0.1) is 0 Å². The minimum atomic E-state index is -0.830. The first-order valence-electron chi connectivity index (χ1n) is 31.4. The summed E-state index contributed by atoms with van der Waals surface area (Å²) in [5, 5.41) is 0. The van der Waals surface area contributed by atoms with Crippen molar-refractivity contribution in [2.24, 2.45) is 0 Å². The Kier molecular flexibility index (Phi) is 59.3. The summed E-state index contributed by atoms with van der Waals surface area (Å²) in [7, 11) is 0. The molecular weight excluding hydrogens is 925 g/mol. The van der Waals surface area contributed by atoms with E-state index in [0.29, 0.717) is 19.3 Å². The maximum absolute atomic E-state index is 12.8. The molecule has 6 nitrogen and oxygen atoms in total. The highest BCUT2D eigenvalue weighted by Gasteiger charge is 2.19. The molecule has 0 aromatic heterocycles. The predicted molar refractivity (Wildman–Crippen MR) is 325 cm³/mol. The number of esters is 3. The van der Waals surface area contributed by atoms with Gasteiger partial charge in [0.15, 0.2) is 6.10 Å². The van der Waals surface area contributed by atoms with Gasteiger partial charge in [-0.25, -0.2) is 0 Å². The third-order valence-electron chi connectivity index (χ3n) is 13.3. The van der Waals surface area contributed by atoms with Gasteiger partial charge in [0.25, 0.3) is 0 Å². The average Bonchev–Trinajstić information content (AvgIpc) is 3.41. The molecule has 0 saturated carbocycles. The number of carbonyl (C=O) groups is 3. The lowest BCUT2D eigenvalue weighted by atomic mass is 10.0. The number of rotatable bonds is 56. The van der Waals surface area contributed by atoms with E-state index >= 15 is 0 Å². The fraction of sp³-hybridized carbons (Fsp3) is 0.696. The van der Waals surface area contributed by atoms with Crippen LogP contribution in [-0.4, -0.2) is 37.2 Å². The van der Waals surface area contributed by atoms with Crippen LogP contribution in [0.2, 0.25) is 0 Å². The topological polar surface area (TPSA) is 78.9 Å². The molecule has 1 atom stereocenters. The zero-order chi connectivity index (χ0) is 54.3. The summed E-state index contributed by atoms with van der Waals surface area (Å²) in [6, 6.07) is 0. The molecule has 0 N–H and O–H groups in total. The molecular formula is C69H116O6. The first kappa shape index (κ1) is 71.1. The molecule has 0 bridgehead atoms. The SMILES string of the molecule is CC/C=C\C/C=C\C/C=C\C/C=C\CCCCC(=O)OC(COC(=O)CC/C=C\C/C=C\C/C=C\C/C=C\CC)COC(=O)CCCCCCCCCCCCCCCCCCC/C=C\CCCCCCCCCC. The van der Waals surface area contributed by atoms with Gasteiger partial charge < -0.3 is 14.2 Å². The molecule has 0 saturated heterocycles. The van der Waals surface area contributed by atoms with Crippen molar-refractivity contribution in [3.8, 4) is 0 Å². The summed E-state index contributed by atoms with van der Waals surface area (Å²) in [6.07, 6.45) is 85.7. The van der Waals surface area contributed by atoms with Crippen molar-refractivity contribution >= 4 is 17.9 Å². The second-order valence-corrected chi connectivity index (χ2v) is 20.5. The summed E-state index contributed by atoms with van der Waals surface area (Å²) in [5.41, 5.74) is 0. The van der Waals surface area contributed by atoms with E-state index in [-0.39, 0.29) is 44.0 Å². The maximum Gasteiger partial charge on any atom is 0.306 e. The molecule has 75 heavy (non-hydrogen) atoms. The van der Waals surface area contributed by atoms with Crippen LogP contribution < -0.4 is 0 Å². The fourth-order valence-corrected chi connectivity index (χ4v) is 8.62. The summed E-state index contributed by atoms with van der Waals surface area (Å²) in [6.45, 7) is 6.32. The van der Waals surface area contributed by atoms with E-state index in [1.807, 2.05) is 12.2 Å².